The SMILES string of the molecule is CC(=O)N1CCN(C(=O)c2ccc(C3(NC(=O)C4(NC(=O)c5cnc6n5[C@](C)(Cc5ccc(C#N)cc5)C(=O)N6c5cc(Cl)cc(Cl)c5)CC4)CC3)nc2)CC1. The lowest BCUT2D eigenvalue weighted by molar-refractivity contribution is -0.130. The van der Waals surface area contributed by atoms with Crippen molar-refractivity contribution in [2.24, 2.45) is 0 Å². The molecule has 0 bridgehead atoms. The Bertz CT molecular complexity index is 2320. The second kappa shape index (κ2) is 13.8. The Kier molecular flexibility index (Phi) is 9.13. The van der Waals surface area contributed by atoms with Crippen LogP contribution in [0.1, 0.15) is 77.2 Å². The highest BCUT2D eigenvalue weighted by molar-refractivity contribution is 6.35. The molecule has 1 saturated heterocycles. The maximum Gasteiger partial charge on any atom is 0.270 e. The van der Waals surface area contributed by atoms with Crippen molar-refractivity contribution in [2.75, 3.05) is 31.1 Å². The first-order valence-corrected chi connectivity index (χ1v) is 19.1. The molecule has 0 spiro atoms. The van der Waals surface area contributed by atoms with Gasteiger partial charge in [-0.15, -0.1) is 0 Å². The highest BCUT2D eigenvalue weighted by Crippen LogP contribution is 2.47. The topological polar surface area (TPSA) is 174 Å². The number of amides is 5. The van der Waals surface area contributed by atoms with Gasteiger partial charge < -0.3 is 20.4 Å². The molecule has 4 heterocycles. The molecule has 2 N–H and O–H groups in total. The molecule has 4 aromatic rings. The number of anilines is 2. The van der Waals surface area contributed by atoms with Crippen molar-refractivity contribution in [1.29, 1.82) is 5.26 Å². The van der Waals surface area contributed by atoms with Gasteiger partial charge in [-0.2, -0.15) is 5.26 Å². The van der Waals surface area contributed by atoms with Crippen molar-refractivity contribution in [2.45, 2.75) is 62.6 Å². The van der Waals surface area contributed by atoms with Gasteiger partial charge in [-0.3, -0.25) is 33.5 Å². The van der Waals surface area contributed by atoms with E-state index in [0.717, 1.165) is 5.56 Å². The summed E-state index contributed by atoms with van der Waals surface area (Å²) in [6, 6.07) is 17.2. The lowest BCUT2D eigenvalue weighted by atomic mass is 9.91. The third kappa shape index (κ3) is 6.54. The van der Waals surface area contributed by atoms with E-state index >= 15 is 0 Å². The van der Waals surface area contributed by atoms with Crippen molar-refractivity contribution in [1.82, 2.24) is 35.0 Å². The molecule has 2 saturated carbocycles. The largest absolute Gasteiger partial charge is 0.343 e. The highest BCUT2D eigenvalue weighted by atomic mass is 35.5. The Morgan fingerprint density at radius 3 is 2.09 bits per heavy atom. The molecule has 0 radical (unpaired) electrons. The Labute approximate surface area is 332 Å². The van der Waals surface area contributed by atoms with Crippen LogP contribution in [0.3, 0.4) is 0 Å². The normalized spacial score (nSPS) is 20.2. The zero-order valence-corrected chi connectivity index (χ0v) is 32.2. The zero-order valence-electron chi connectivity index (χ0n) is 30.6. The quantitative estimate of drug-likeness (QED) is 0.250. The van der Waals surface area contributed by atoms with E-state index in [1.165, 1.54) is 24.2 Å². The van der Waals surface area contributed by atoms with Crippen LogP contribution in [0.15, 0.2) is 67.0 Å². The first-order chi connectivity index (χ1) is 26.8. The van der Waals surface area contributed by atoms with E-state index < -0.39 is 22.5 Å². The monoisotopic (exact) mass is 793 g/mol. The highest BCUT2D eigenvalue weighted by Gasteiger charge is 2.57. The number of aromatic nitrogens is 3. The number of halogens is 2. The van der Waals surface area contributed by atoms with Gasteiger partial charge in [0, 0.05) is 55.8 Å². The molecule has 4 aliphatic rings. The summed E-state index contributed by atoms with van der Waals surface area (Å²) < 4.78 is 1.59. The van der Waals surface area contributed by atoms with Crippen LogP contribution >= 0.6 is 23.2 Å². The van der Waals surface area contributed by atoms with Gasteiger partial charge in [0.2, 0.25) is 17.8 Å². The van der Waals surface area contributed by atoms with Crippen LogP contribution in [-0.4, -0.2) is 85.6 Å². The second-order valence-electron chi connectivity index (χ2n) is 15.1. The van der Waals surface area contributed by atoms with E-state index in [0.29, 0.717) is 84.4 Å². The average Bonchev–Trinajstić information content (AvgIpc) is 4.09. The molecule has 2 aromatic heterocycles. The Hall–Kier alpha value is -5.78. The van der Waals surface area contributed by atoms with Gasteiger partial charge in [0.1, 0.15) is 16.8 Å². The third-order valence-corrected chi connectivity index (χ3v) is 11.7. The first kappa shape index (κ1) is 37.2. The van der Waals surface area contributed by atoms with Crippen LogP contribution in [0.5, 0.6) is 0 Å². The number of piperazine rings is 1. The minimum Gasteiger partial charge on any atom is -0.343 e. The maximum atomic E-state index is 14.4. The van der Waals surface area contributed by atoms with Gasteiger partial charge in [-0.05, 0) is 80.6 Å². The number of nitrogens with zero attached hydrogens (tertiary/aromatic N) is 7. The predicted octanol–water partition coefficient (Wildman–Crippen LogP) is 4.46. The summed E-state index contributed by atoms with van der Waals surface area (Å²) in [5.41, 5.74) is -0.520. The Morgan fingerprint density at radius 2 is 1.52 bits per heavy atom. The lowest BCUT2D eigenvalue weighted by Gasteiger charge is -2.34. The standard InChI is InChI=1S/C40H37Cl2N9O5/c1-24(52)48-13-15-49(16-14-48)34(54)27-7-8-32(44-22-27)39(9-10-39)47-35(55)40(11-12-40)46-33(53)31-23-45-37-50(30-18-28(41)17-29(42)19-30)36(56)38(2,51(31)37)20-25-3-5-26(21-43)6-4-25/h3-8,17-19,22-23H,9-16,20H2,1-2H3,(H,46,53)(H,47,55)/t38-/m1/s1. The smallest absolute Gasteiger partial charge is 0.270 e. The number of nitriles is 1. The zero-order chi connectivity index (χ0) is 39.6. The fraction of sp³-hybridized carbons (Fsp3) is 0.350. The molecule has 14 nitrogen and oxygen atoms in total. The summed E-state index contributed by atoms with van der Waals surface area (Å²) in [4.78, 5) is 81.4. The van der Waals surface area contributed by atoms with Crippen LogP contribution in [0.2, 0.25) is 10.0 Å². The van der Waals surface area contributed by atoms with E-state index in [2.05, 4.69) is 26.7 Å². The van der Waals surface area contributed by atoms with Gasteiger partial charge in [0.25, 0.3) is 17.7 Å². The molecule has 286 valence electrons. The number of carbonyl (C=O) groups excluding carboxylic acids is 5. The first-order valence-electron chi connectivity index (χ1n) is 18.3. The molecular weight excluding hydrogens is 757 g/mol. The van der Waals surface area contributed by atoms with Crippen LogP contribution in [0, 0.1) is 11.3 Å². The number of benzene rings is 2. The summed E-state index contributed by atoms with van der Waals surface area (Å²) in [6.45, 7) is 5.09. The number of hydrogen-bond acceptors (Lipinski definition) is 8. The molecular formula is C40H37Cl2N9O5. The van der Waals surface area contributed by atoms with E-state index in [-0.39, 0.29) is 41.7 Å². The number of imidazole rings is 1. The number of nitrogens with one attached hydrogen (secondary N) is 2. The fourth-order valence-corrected chi connectivity index (χ4v) is 8.17. The number of hydrogen-bond donors (Lipinski definition) is 2. The Morgan fingerprint density at radius 1 is 0.857 bits per heavy atom. The summed E-state index contributed by atoms with van der Waals surface area (Å²) in [5, 5.41) is 16.0. The second-order valence-corrected chi connectivity index (χ2v) is 16.0. The van der Waals surface area contributed by atoms with E-state index in [1.807, 2.05) is 0 Å². The van der Waals surface area contributed by atoms with Crippen LogP contribution in [-0.2, 0) is 31.9 Å². The molecule has 3 fully saturated rings. The van der Waals surface area contributed by atoms with Crippen LogP contribution < -0.4 is 15.5 Å². The molecule has 56 heavy (non-hydrogen) atoms. The molecule has 16 heteroatoms. The van der Waals surface area contributed by atoms with Crippen molar-refractivity contribution in [3.05, 3.63) is 105 Å². The van der Waals surface area contributed by atoms with Crippen molar-refractivity contribution in [3.63, 3.8) is 0 Å². The van der Waals surface area contributed by atoms with Crippen molar-refractivity contribution in [3.8, 4) is 6.07 Å². The summed E-state index contributed by atoms with van der Waals surface area (Å²) in [5.74, 6) is -1.28. The Balaban J connectivity index is 1.01. The maximum absolute atomic E-state index is 14.4. The minimum absolute atomic E-state index is 0.0132. The average molecular weight is 795 g/mol. The predicted molar refractivity (Wildman–Crippen MR) is 205 cm³/mol. The van der Waals surface area contributed by atoms with Gasteiger partial charge in [0.05, 0.1) is 40.3 Å². The van der Waals surface area contributed by atoms with Crippen molar-refractivity contribution >= 4 is 64.4 Å². The molecule has 2 aromatic carbocycles. The van der Waals surface area contributed by atoms with Gasteiger partial charge in [-0.1, -0.05) is 35.3 Å². The molecule has 2 aliphatic heterocycles. The minimum atomic E-state index is -1.35. The van der Waals surface area contributed by atoms with E-state index in [9.17, 15) is 29.2 Å². The van der Waals surface area contributed by atoms with Gasteiger partial charge in [0.15, 0.2) is 0 Å². The van der Waals surface area contributed by atoms with Gasteiger partial charge in [-0.25, -0.2) is 9.88 Å². The molecule has 2 aliphatic carbocycles. The number of carbonyl (C=O) groups is 5. The fourth-order valence-electron chi connectivity index (χ4n) is 7.66. The molecule has 8 rings (SSSR count). The van der Waals surface area contributed by atoms with Crippen LogP contribution in [0.25, 0.3) is 0 Å². The molecule has 1 atom stereocenters. The summed E-state index contributed by atoms with van der Waals surface area (Å²) in [6.07, 6.45) is 5.18. The molecule has 0 unspecified atom stereocenters. The molecule has 5 amide bonds. The summed E-state index contributed by atoms with van der Waals surface area (Å²) in [7, 11) is 0. The lowest BCUT2D eigenvalue weighted by Crippen LogP contribution is -2.52. The van der Waals surface area contributed by atoms with Crippen LogP contribution in [0.4, 0.5) is 11.6 Å². The van der Waals surface area contributed by atoms with Gasteiger partial charge >= 0.3 is 0 Å². The van der Waals surface area contributed by atoms with E-state index in [4.69, 9.17) is 23.2 Å². The third-order valence-electron chi connectivity index (χ3n) is 11.2. The van der Waals surface area contributed by atoms with E-state index in [1.54, 1.807) is 75.9 Å². The number of pyridine rings is 1. The summed E-state index contributed by atoms with van der Waals surface area (Å²) >= 11 is 12.7. The number of rotatable bonds is 9. The van der Waals surface area contributed by atoms with Crippen molar-refractivity contribution < 1.29 is 24.0 Å². The number of fused-ring (bicyclic) bond motifs is 1.